The number of nitrogens with two attached hydrogens (primary N) is 1. The molecule has 0 atom stereocenters. The van der Waals surface area contributed by atoms with Gasteiger partial charge < -0.3 is 15.8 Å². The minimum Gasteiger partial charge on any atom is -0.497 e. The van der Waals surface area contributed by atoms with Crippen LogP contribution in [0.15, 0.2) is 84.1 Å². The highest BCUT2D eigenvalue weighted by atomic mass is 35.5. The van der Waals surface area contributed by atoms with E-state index in [0.29, 0.717) is 40.1 Å². The standard InChI is InChI=1S/C25H22ClN5O2/c1-33-21-9-7-17(8-10-21)25(32)30-22-16-19(11-13-28-22)24(31-14-3-2-12-29-31)23(27)18-5-4-6-20(26)15-18/h2-13,15-16H,14,27H2,1H3,(H,28,30,32)/b24-23-. The number of aromatic nitrogens is 1. The Morgan fingerprint density at radius 1 is 1.09 bits per heavy atom. The number of anilines is 1. The van der Waals surface area contributed by atoms with E-state index in [1.165, 1.54) is 0 Å². The molecule has 0 bridgehead atoms. The number of amides is 1. The number of nitrogens with one attached hydrogen (secondary N) is 1. The summed E-state index contributed by atoms with van der Waals surface area (Å²) in [5.74, 6) is 0.782. The van der Waals surface area contributed by atoms with Crippen molar-refractivity contribution in [2.24, 2.45) is 10.8 Å². The zero-order valence-corrected chi connectivity index (χ0v) is 18.7. The van der Waals surface area contributed by atoms with E-state index in [1.807, 2.05) is 30.4 Å². The fraction of sp³-hybridized carbons (Fsp3) is 0.0800. The molecular formula is C25H22ClN5O2. The van der Waals surface area contributed by atoms with Gasteiger partial charge in [0, 0.05) is 34.1 Å². The van der Waals surface area contributed by atoms with E-state index in [1.54, 1.807) is 67.0 Å². The molecule has 3 aromatic rings. The maximum atomic E-state index is 12.7. The predicted octanol–water partition coefficient (Wildman–Crippen LogP) is 4.64. The van der Waals surface area contributed by atoms with Gasteiger partial charge in [0.1, 0.15) is 11.6 Å². The van der Waals surface area contributed by atoms with Crippen LogP contribution in [0.25, 0.3) is 11.4 Å². The number of carbonyl (C=O) groups excluding carboxylic acids is 1. The average molecular weight is 460 g/mol. The van der Waals surface area contributed by atoms with Gasteiger partial charge in [0.25, 0.3) is 5.91 Å². The van der Waals surface area contributed by atoms with Crippen molar-refractivity contribution in [1.82, 2.24) is 9.99 Å². The fourth-order valence-electron chi connectivity index (χ4n) is 3.35. The maximum Gasteiger partial charge on any atom is 0.256 e. The molecule has 2 aromatic carbocycles. The van der Waals surface area contributed by atoms with Gasteiger partial charge in [-0.15, -0.1) is 0 Å². The van der Waals surface area contributed by atoms with Crippen molar-refractivity contribution in [3.8, 4) is 5.75 Å². The topological polar surface area (TPSA) is 92.8 Å². The van der Waals surface area contributed by atoms with E-state index in [2.05, 4.69) is 15.4 Å². The number of hydrogen-bond donors (Lipinski definition) is 2. The lowest BCUT2D eigenvalue weighted by atomic mass is 10.1. The minimum atomic E-state index is -0.283. The number of pyridine rings is 1. The molecule has 1 amide bonds. The number of benzene rings is 2. The van der Waals surface area contributed by atoms with Gasteiger partial charge in [-0.25, -0.2) is 4.98 Å². The summed E-state index contributed by atoms with van der Waals surface area (Å²) in [7, 11) is 1.58. The summed E-state index contributed by atoms with van der Waals surface area (Å²) < 4.78 is 5.14. The summed E-state index contributed by atoms with van der Waals surface area (Å²) in [6.07, 6.45) is 7.17. The first-order chi connectivity index (χ1) is 16.0. The molecule has 7 nitrogen and oxygen atoms in total. The van der Waals surface area contributed by atoms with Gasteiger partial charge in [-0.2, -0.15) is 5.10 Å². The number of halogens is 1. The lowest BCUT2D eigenvalue weighted by molar-refractivity contribution is 0.102. The van der Waals surface area contributed by atoms with Gasteiger partial charge in [-0.1, -0.05) is 29.8 Å². The third-order valence-corrected chi connectivity index (χ3v) is 5.22. The average Bonchev–Trinajstić information content (AvgIpc) is 2.85. The molecule has 166 valence electrons. The van der Waals surface area contributed by atoms with Crippen molar-refractivity contribution < 1.29 is 9.53 Å². The van der Waals surface area contributed by atoms with Gasteiger partial charge in [0.15, 0.2) is 0 Å². The fourth-order valence-corrected chi connectivity index (χ4v) is 3.54. The van der Waals surface area contributed by atoms with E-state index >= 15 is 0 Å². The van der Waals surface area contributed by atoms with Crippen molar-refractivity contribution in [3.05, 3.63) is 101 Å². The van der Waals surface area contributed by atoms with Crippen LogP contribution in [0, 0.1) is 0 Å². The van der Waals surface area contributed by atoms with Crippen LogP contribution in [0.5, 0.6) is 5.75 Å². The molecular weight excluding hydrogens is 438 g/mol. The zero-order valence-electron chi connectivity index (χ0n) is 17.9. The smallest absolute Gasteiger partial charge is 0.256 e. The largest absolute Gasteiger partial charge is 0.497 e. The number of allylic oxidation sites excluding steroid dienone is 1. The SMILES string of the molecule is COc1ccc(C(=O)Nc2cc(/C(=C(/N)c3cccc(Cl)c3)N3CC=CC=N3)ccn2)cc1. The van der Waals surface area contributed by atoms with Gasteiger partial charge in [0.2, 0.25) is 0 Å². The third kappa shape index (κ3) is 5.22. The third-order valence-electron chi connectivity index (χ3n) is 4.98. The highest BCUT2D eigenvalue weighted by Crippen LogP contribution is 2.29. The molecule has 1 aliphatic heterocycles. The van der Waals surface area contributed by atoms with Crippen LogP contribution in [-0.4, -0.2) is 35.8 Å². The van der Waals surface area contributed by atoms with Crippen LogP contribution in [-0.2, 0) is 0 Å². The van der Waals surface area contributed by atoms with Crippen molar-refractivity contribution in [1.29, 1.82) is 0 Å². The monoisotopic (exact) mass is 459 g/mol. The van der Waals surface area contributed by atoms with Crippen LogP contribution in [0.3, 0.4) is 0 Å². The molecule has 1 aromatic heterocycles. The molecule has 3 N–H and O–H groups in total. The number of hydrogen-bond acceptors (Lipinski definition) is 6. The number of rotatable bonds is 6. The maximum absolute atomic E-state index is 12.7. The number of ether oxygens (including phenoxy) is 1. The van der Waals surface area contributed by atoms with Crippen LogP contribution >= 0.6 is 11.6 Å². The normalized spacial score (nSPS) is 13.5. The van der Waals surface area contributed by atoms with Crippen molar-refractivity contribution in [2.45, 2.75) is 0 Å². The van der Waals surface area contributed by atoms with Crippen molar-refractivity contribution in [2.75, 3.05) is 19.0 Å². The Morgan fingerprint density at radius 3 is 2.61 bits per heavy atom. The molecule has 33 heavy (non-hydrogen) atoms. The summed E-state index contributed by atoms with van der Waals surface area (Å²) >= 11 is 6.19. The van der Waals surface area contributed by atoms with E-state index in [-0.39, 0.29) is 5.91 Å². The second-order valence-corrected chi connectivity index (χ2v) is 7.60. The molecule has 0 fully saturated rings. The molecule has 0 saturated heterocycles. The van der Waals surface area contributed by atoms with E-state index < -0.39 is 0 Å². The molecule has 0 aliphatic carbocycles. The van der Waals surface area contributed by atoms with Crippen LogP contribution in [0.1, 0.15) is 21.5 Å². The molecule has 8 heteroatoms. The number of carbonyl (C=O) groups is 1. The van der Waals surface area contributed by atoms with E-state index in [0.717, 1.165) is 11.1 Å². The number of methoxy groups -OCH3 is 1. The summed E-state index contributed by atoms with van der Waals surface area (Å²) in [5, 5.41) is 9.67. The summed E-state index contributed by atoms with van der Waals surface area (Å²) in [5.41, 5.74) is 9.79. The lowest BCUT2D eigenvalue weighted by Crippen LogP contribution is -2.22. The molecule has 1 aliphatic rings. The summed E-state index contributed by atoms with van der Waals surface area (Å²) in [6, 6.07) is 17.7. The first kappa shape index (κ1) is 22.1. The summed E-state index contributed by atoms with van der Waals surface area (Å²) in [4.78, 5) is 17.0. The zero-order chi connectivity index (χ0) is 23.2. The predicted molar refractivity (Wildman–Crippen MR) is 132 cm³/mol. The van der Waals surface area contributed by atoms with Crippen molar-refractivity contribution >= 4 is 40.9 Å². The Balaban J connectivity index is 1.69. The van der Waals surface area contributed by atoms with Gasteiger partial charge in [-0.05, 0) is 54.6 Å². The van der Waals surface area contributed by atoms with Gasteiger partial charge in [0.05, 0.1) is 25.0 Å². The van der Waals surface area contributed by atoms with Gasteiger partial charge >= 0.3 is 0 Å². The van der Waals surface area contributed by atoms with Gasteiger partial charge in [-0.3, -0.25) is 9.80 Å². The Morgan fingerprint density at radius 2 is 1.91 bits per heavy atom. The van der Waals surface area contributed by atoms with Crippen LogP contribution in [0.2, 0.25) is 5.02 Å². The van der Waals surface area contributed by atoms with Crippen LogP contribution < -0.4 is 15.8 Å². The Kier molecular flexibility index (Phi) is 6.71. The van der Waals surface area contributed by atoms with E-state index in [4.69, 9.17) is 22.1 Å². The first-order valence-corrected chi connectivity index (χ1v) is 10.6. The molecule has 2 heterocycles. The lowest BCUT2D eigenvalue weighted by Gasteiger charge is -2.25. The highest BCUT2D eigenvalue weighted by Gasteiger charge is 2.18. The van der Waals surface area contributed by atoms with Crippen molar-refractivity contribution in [3.63, 3.8) is 0 Å². The second kappa shape index (κ2) is 10.0. The number of hydrazone groups is 1. The minimum absolute atomic E-state index is 0.283. The Bertz CT molecular complexity index is 1250. The molecule has 0 spiro atoms. The quantitative estimate of drug-likeness (QED) is 0.560. The van der Waals surface area contributed by atoms with Crippen LogP contribution in [0.4, 0.5) is 5.82 Å². The highest BCUT2D eigenvalue weighted by molar-refractivity contribution is 6.30. The Labute approximate surface area is 196 Å². The van der Waals surface area contributed by atoms with E-state index in [9.17, 15) is 4.79 Å². The first-order valence-electron chi connectivity index (χ1n) is 10.2. The number of nitrogens with zero attached hydrogens (tertiary/aromatic N) is 3. The second-order valence-electron chi connectivity index (χ2n) is 7.16. The molecule has 0 saturated carbocycles. The molecule has 4 rings (SSSR count). The summed E-state index contributed by atoms with van der Waals surface area (Å²) in [6.45, 7) is 0.545. The molecule has 0 radical (unpaired) electrons. The Hall–Kier alpha value is -4.10. The molecule has 0 unspecified atom stereocenters.